The summed E-state index contributed by atoms with van der Waals surface area (Å²) >= 11 is 0. The molecule has 6 heteroatoms. The summed E-state index contributed by atoms with van der Waals surface area (Å²) < 4.78 is 11.0. The first-order valence-electron chi connectivity index (χ1n) is 9.20. The van der Waals surface area contributed by atoms with Crippen LogP contribution in [0.15, 0.2) is 18.2 Å². The molecule has 0 N–H and O–H groups in total. The predicted molar refractivity (Wildman–Crippen MR) is 99.4 cm³/mol. The molecule has 1 aromatic rings. The Morgan fingerprint density at radius 1 is 1.35 bits per heavy atom. The number of anilines is 1. The molecule has 0 spiro atoms. The Kier molecular flexibility index (Phi) is 5.23. The van der Waals surface area contributed by atoms with Gasteiger partial charge in [0.1, 0.15) is 11.9 Å². The van der Waals surface area contributed by atoms with Gasteiger partial charge in [0, 0.05) is 24.7 Å². The molecule has 0 aliphatic carbocycles. The standard InChI is InChI=1S/C20H28N2O4/c1-14-13-25-9-8-21(14)18-7-5-6-15-11-22(16(12-23)10-17(15)18)19(24)26-20(2,3)4/h5-7,12,14,16H,8-11,13H2,1-4H3/t14-,16+/m0/s1. The van der Waals surface area contributed by atoms with E-state index in [0.717, 1.165) is 29.6 Å². The number of carbonyl (C=O) groups excluding carboxylic acids is 2. The van der Waals surface area contributed by atoms with E-state index in [9.17, 15) is 9.59 Å². The quantitative estimate of drug-likeness (QED) is 0.759. The zero-order chi connectivity index (χ0) is 18.9. The van der Waals surface area contributed by atoms with Crippen molar-refractivity contribution in [1.29, 1.82) is 0 Å². The third kappa shape index (κ3) is 3.85. The number of benzene rings is 1. The van der Waals surface area contributed by atoms with Gasteiger partial charge in [0.25, 0.3) is 0 Å². The number of rotatable bonds is 2. The summed E-state index contributed by atoms with van der Waals surface area (Å²) in [5.41, 5.74) is 2.79. The van der Waals surface area contributed by atoms with Gasteiger partial charge < -0.3 is 19.2 Å². The maximum Gasteiger partial charge on any atom is 0.411 e. The van der Waals surface area contributed by atoms with Gasteiger partial charge in [-0.25, -0.2) is 4.79 Å². The highest BCUT2D eigenvalue weighted by Gasteiger charge is 2.35. The molecule has 2 aliphatic heterocycles. The Balaban J connectivity index is 1.89. The Bertz CT molecular complexity index is 683. The molecule has 1 saturated heterocycles. The lowest BCUT2D eigenvalue weighted by Crippen LogP contribution is -2.48. The molecule has 0 aromatic heterocycles. The molecule has 6 nitrogen and oxygen atoms in total. The second kappa shape index (κ2) is 7.27. The summed E-state index contributed by atoms with van der Waals surface area (Å²) in [5.74, 6) is 0. The highest BCUT2D eigenvalue weighted by atomic mass is 16.6. The van der Waals surface area contributed by atoms with Gasteiger partial charge in [0.05, 0.1) is 25.8 Å². The summed E-state index contributed by atoms with van der Waals surface area (Å²) in [5, 5.41) is 0. The molecule has 2 aliphatic rings. The minimum Gasteiger partial charge on any atom is -0.444 e. The molecule has 1 aromatic carbocycles. The largest absolute Gasteiger partial charge is 0.444 e. The summed E-state index contributed by atoms with van der Waals surface area (Å²) in [7, 11) is 0. The number of morpholine rings is 1. The summed E-state index contributed by atoms with van der Waals surface area (Å²) in [6.07, 6.45) is 0.926. The Hall–Kier alpha value is -2.08. The van der Waals surface area contributed by atoms with Crippen LogP contribution in [0.4, 0.5) is 10.5 Å². The van der Waals surface area contributed by atoms with Crippen molar-refractivity contribution in [2.45, 2.75) is 58.3 Å². The lowest BCUT2D eigenvalue weighted by atomic mass is 9.92. The summed E-state index contributed by atoms with van der Waals surface area (Å²) in [6, 6.07) is 5.93. The van der Waals surface area contributed by atoms with Crippen LogP contribution in [0.3, 0.4) is 0 Å². The van der Waals surface area contributed by atoms with E-state index in [0.29, 0.717) is 26.2 Å². The van der Waals surface area contributed by atoms with Crippen molar-refractivity contribution >= 4 is 18.1 Å². The zero-order valence-corrected chi connectivity index (χ0v) is 16.0. The van der Waals surface area contributed by atoms with E-state index < -0.39 is 17.7 Å². The first-order chi connectivity index (χ1) is 12.3. The second-order valence-electron chi connectivity index (χ2n) is 8.05. The van der Waals surface area contributed by atoms with Crippen LogP contribution in [0.1, 0.15) is 38.8 Å². The molecule has 0 bridgehead atoms. The number of carbonyl (C=O) groups is 2. The number of fused-ring (bicyclic) bond motifs is 1. The van der Waals surface area contributed by atoms with Gasteiger partial charge in [-0.2, -0.15) is 0 Å². The Labute approximate surface area is 155 Å². The first-order valence-corrected chi connectivity index (χ1v) is 9.20. The van der Waals surface area contributed by atoms with Crippen molar-refractivity contribution in [2.75, 3.05) is 24.7 Å². The molecular formula is C20H28N2O4. The molecule has 3 rings (SSSR count). The van der Waals surface area contributed by atoms with Crippen LogP contribution in [0.2, 0.25) is 0 Å². The van der Waals surface area contributed by atoms with Gasteiger partial charge >= 0.3 is 6.09 Å². The molecule has 0 radical (unpaired) electrons. The van der Waals surface area contributed by atoms with Crippen LogP contribution >= 0.6 is 0 Å². The van der Waals surface area contributed by atoms with E-state index >= 15 is 0 Å². The fraction of sp³-hybridized carbons (Fsp3) is 0.600. The molecule has 1 fully saturated rings. The molecule has 142 valence electrons. The van der Waals surface area contributed by atoms with Crippen LogP contribution in [0.25, 0.3) is 0 Å². The van der Waals surface area contributed by atoms with Crippen molar-refractivity contribution in [3.05, 3.63) is 29.3 Å². The summed E-state index contributed by atoms with van der Waals surface area (Å²) in [4.78, 5) is 28.1. The maximum absolute atomic E-state index is 12.5. The molecule has 0 unspecified atom stereocenters. The van der Waals surface area contributed by atoms with Crippen molar-refractivity contribution in [1.82, 2.24) is 4.90 Å². The van der Waals surface area contributed by atoms with Crippen molar-refractivity contribution < 1.29 is 19.1 Å². The molecule has 0 saturated carbocycles. The normalized spacial score (nSPS) is 23.4. The van der Waals surface area contributed by atoms with Gasteiger partial charge in [-0.3, -0.25) is 4.90 Å². The smallest absolute Gasteiger partial charge is 0.411 e. The van der Waals surface area contributed by atoms with Gasteiger partial charge in [-0.15, -0.1) is 0 Å². The fourth-order valence-electron chi connectivity index (χ4n) is 3.62. The minimum atomic E-state index is -0.587. The van der Waals surface area contributed by atoms with Crippen LogP contribution in [-0.4, -0.2) is 54.7 Å². The van der Waals surface area contributed by atoms with Gasteiger partial charge in [0.15, 0.2) is 0 Å². The number of ether oxygens (including phenoxy) is 2. The lowest BCUT2D eigenvalue weighted by Gasteiger charge is -2.40. The average molecular weight is 360 g/mol. The minimum absolute atomic E-state index is 0.286. The van der Waals surface area contributed by atoms with Gasteiger partial charge in [0.2, 0.25) is 0 Å². The first kappa shape index (κ1) is 18.7. The number of nitrogens with zero attached hydrogens (tertiary/aromatic N) is 2. The van der Waals surface area contributed by atoms with E-state index in [1.807, 2.05) is 32.9 Å². The van der Waals surface area contributed by atoms with Crippen LogP contribution in [0.5, 0.6) is 0 Å². The number of aldehydes is 1. The van der Waals surface area contributed by atoms with Crippen molar-refractivity contribution in [3.63, 3.8) is 0 Å². The monoisotopic (exact) mass is 360 g/mol. The van der Waals surface area contributed by atoms with Crippen LogP contribution < -0.4 is 4.90 Å². The lowest BCUT2D eigenvalue weighted by molar-refractivity contribution is -0.113. The van der Waals surface area contributed by atoms with E-state index in [4.69, 9.17) is 9.47 Å². The Morgan fingerprint density at radius 3 is 2.77 bits per heavy atom. The molecule has 26 heavy (non-hydrogen) atoms. The van der Waals surface area contributed by atoms with Crippen LogP contribution in [-0.2, 0) is 27.2 Å². The molecule has 2 atom stereocenters. The van der Waals surface area contributed by atoms with Gasteiger partial charge in [-0.05, 0) is 44.9 Å². The predicted octanol–water partition coefficient (Wildman–Crippen LogP) is 2.77. The van der Waals surface area contributed by atoms with Gasteiger partial charge in [-0.1, -0.05) is 12.1 Å². The van der Waals surface area contributed by atoms with E-state index in [1.54, 1.807) is 0 Å². The SMILES string of the molecule is C[C@H]1COCCN1c1cccc2c1C[C@H](C=O)N(C(=O)OC(C)(C)C)C2. The highest BCUT2D eigenvalue weighted by molar-refractivity contribution is 5.76. The average Bonchev–Trinajstić information content (AvgIpc) is 2.59. The number of hydrogen-bond donors (Lipinski definition) is 0. The highest BCUT2D eigenvalue weighted by Crippen LogP contribution is 2.33. The van der Waals surface area contributed by atoms with Crippen LogP contribution in [0, 0.1) is 0 Å². The van der Waals surface area contributed by atoms with Crippen molar-refractivity contribution in [3.8, 4) is 0 Å². The molecular weight excluding hydrogens is 332 g/mol. The molecule has 2 heterocycles. The van der Waals surface area contributed by atoms with Crippen molar-refractivity contribution in [2.24, 2.45) is 0 Å². The third-order valence-electron chi connectivity index (χ3n) is 4.86. The van der Waals surface area contributed by atoms with E-state index in [-0.39, 0.29) is 6.04 Å². The summed E-state index contributed by atoms with van der Waals surface area (Å²) in [6.45, 7) is 10.3. The number of hydrogen-bond acceptors (Lipinski definition) is 5. The molecule has 1 amide bonds. The third-order valence-corrected chi connectivity index (χ3v) is 4.86. The van der Waals surface area contributed by atoms with E-state index in [1.165, 1.54) is 4.90 Å². The topological polar surface area (TPSA) is 59.1 Å². The maximum atomic E-state index is 12.5. The van der Waals surface area contributed by atoms with E-state index in [2.05, 4.69) is 17.9 Å². The fourth-order valence-corrected chi connectivity index (χ4v) is 3.62. The second-order valence-corrected chi connectivity index (χ2v) is 8.05. The number of amides is 1. The Morgan fingerprint density at radius 2 is 2.12 bits per heavy atom. The zero-order valence-electron chi connectivity index (χ0n) is 16.0.